The van der Waals surface area contributed by atoms with Gasteiger partial charge in [0, 0.05) is 14.1 Å². The van der Waals surface area contributed by atoms with Crippen LogP contribution in [0.15, 0.2) is 52.2 Å². The lowest BCUT2D eigenvalue weighted by molar-refractivity contribution is 0.0941. The smallest absolute Gasteiger partial charge is 0.295 e. The number of sulfonamides is 1. The number of rotatable bonds is 4. The van der Waals surface area contributed by atoms with E-state index in [0.717, 1.165) is 6.07 Å². The van der Waals surface area contributed by atoms with Gasteiger partial charge in [-0.05, 0) is 30.3 Å². The number of aromatic nitrogens is 2. The second-order valence-electron chi connectivity index (χ2n) is 5.59. The second-order valence-corrected chi connectivity index (χ2v) is 7.27. The van der Waals surface area contributed by atoms with Crippen LogP contribution in [0.3, 0.4) is 0 Å². The van der Waals surface area contributed by atoms with E-state index in [4.69, 9.17) is 0 Å². The summed E-state index contributed by atoms with van der Waals surface area (Å²) >= 11 is 0. The summed E-state index contributed by atoms with van der Waals surface area (Å²) < 4.78 is 41.0. The number of carbonyl (C=O) groups is 1. The molecule has 3 rings (SSSR count). The fourth-order valence-electron chi connectivity index (χ4n) is 2.54. The molecule has 2 N–H and O–H groups in total. The number of hydrogen-bond acceptors (Lipinski definition) is 4. The first-order chi connectivity index (χ1) is 12.2. The zero-order valence-corrected chi connectivity index (χ0v) is 14.7. The minimum absolute atomic E-state index is 0.153. The average molecular weight is 378 g/mol. The van der Waals surface area contributed by atoms with E-state index in [1.165, 1.54) is 52.6 Å². The van der Waals surface area contributed by atoms with Crippen LogP contribution in [0.1, 0.15) is 10.4 Å². The molecule has 0 fully saturated rings. The van der Waals surface area contributed by atoms with Gasteiger partial charge in [0.25, 0.3) is 15.9 Å². The van der Waals surface area contributed by atoms with Gasteiger partial charge in [0.15, 0.2) is 0 Å². The molecule has 1 amide bonds. The molecule has 0 radical (unpaired) electrons. The van der Waals surface area contributed by atoms with Gasteiger partial charge < -0.3 is 0 Å². The fourth-order valence-corrected chi connectivity index (χ4v) is 3.40. The Hall–Kier alpha value is -2.98. The lowest BCUT2D eigenvalue weighted by Crippen LogP contribution is -2.41. The van der Waals surface area contributed by atoms with E-state index in [-0.39, 0.29) is 16.1 Å². The summed E-state index contributed by atoms with van der Waals surface area (Å²) in [5, 5.41) is 0. The number of aryl methyl sites for hydroxylation is 2. The summed E-state index contributed by atoms with van der Waals surface area (Å²) in [5.74, 6) is -1.70. The predicted molar refractivity (Wildman–Crippen MR) is 92.3 cm³/mol. The first-order valence-corrected chi connectivity index (χ1v) is 8.93. The molecular formula is C16H15FN4O4S. The molecule has 0 aliphatic rings. The zero-order chi connectivity index (χ0) is 19.1. The SMILES string of the molecule is Cn1c(=O)n(C)c2cc(S(=O)(=O)NNC(=O)c3ccccc3F)ccc21. The highest BCUT2D eigenvalue weighted by Gasteiger charge is 2.19. The Kier molecular flexibility index (Phi) is 4.38. The highest BCUT2D eigenvalue weighted by Crippen LogP contribution is 2.17. The molecule has 0 aliphatic heterocycles. The van der Waals surface area contributed by atoms with Gasteiger partial charge in [-0.25, -0.2) is 17.6 Å². The number of carbonyl (C=O) groups excluding carboxylic acids is 1. The maximum atomic E-state index is 13.6. The minimum atomic E-state index is -4.12. The van der Waals surface area contributed by atoms with Crippen molar-refractivity contribution in [3.63, 3.8) is 0 Å². The molecule has 0 spiro atoms. The van der Waals surface area contributed by atoms with Gasteiger partial charge in [-0.15, -0.1) is 4.83 Å². The summed E-state index contributed by atoms with van der Waals surface area (Å²) in [6, 6.07) is 9.29. The van der Waals surface area contributed by atoms with Gasteiger partial charge in [0.2, 0.25) is 0 Å². The van der Waals surface area contributed by atoms with Crippen LogP contribution in [0.25, 0.3) is 11.0 Å². The first kappa shape index (κ1) is 17.8. The van der Waals surface area contributed by atoms with Crippen LogP contribution < -0.4 is 15.9 Å². The molecule has 2 aromatic carbocycles. The van der Waals surface area contributed by atoms with E-state index in [1.807, 2.05) is 10.3 Å². The number of imidazole rings is 1. The Morgan fingerprint density at radius 3 is 2.38 bits per heavy atom. The van der Waals surface area contributed by atoms with Crippen molar-refractivity contribution in [3.8, 4) is 0 Å². The van der Waals surface area contributed by atoms with Crippen molar-refractivity contribution in [1.82, 2.24) is 19.4 Å². The summed E-state index contributed by atoms with van der Waals surface area (Å²) in [4.78, 5) is 25.6. The van der Waals surface area contributed by atoms with Crippen molar-refractivity contribution in [3.05, 3.63) is 64.3 Å². The lowest BCUT2D eigenvalue weighted by atomic mass is 10.2. The number of amides is 1. The van der Waals surface area contributed by atoms with Crippen molar-refractivity contribution >= 4 is 27.0 Å². The van der Waals surface area contributed by atoms with Crippen LogP contribution in [0.2, 0.25) is 0 Å². The van der Waals surface area contributed by atoms with Crippen LogP contribution >= 0.6 is 0 Å². The molecule has 0 unspecified atom stereocenters. The monoisotopic (exact) mass is 378 g/mol. The van der Waals surface area contributed by atoms with Crippen LogP contribution in [-0.4, -0.2) is 23.5 Å². The molecule has 0 saturated heterocycles. The van der Waals surface area contributed by atoms with Crippen molar-refractivity contribution < 1.29 is 17.6 Å². The Balaban J connectivity index is 1.88. The van der Waals surface area contributed by atoms with Crippen LogP contribution in [0.5, 0.6) is 0 Å². The number of hydrogen-bond donors (Lipinski definition) is 2. The molecule has 0 atom stereocenters. The molecular weight excluding hydrogens is 363 g/mol. The van der Waals surface area contributed by atoms with Crippen LogP contribution in [0.4, 0.5) is 4.39 Å². The van der Waals surface area contributed by atoms with Gasteiger partial charge >= 0.3 is 5.69 Å². The molecule has 26 heavy (non-hydrogen) atoms. The summed E-state index contributed by atoms with van der Waals surface area (Å²) in [5.41, 5.74) is 2.36. The standard InChI is InChI=1S/C16H15FN4O4S/c1-20-13-8-7-10(9-14(13)21(2)16(20)23)26(24,25)19-18-15(22)11-5-3-4-6-12(11)17/h3-9,19H,1-2H3,(H,18,22). The van der Waals surface area contributed by atoms with Crippen molar-refractivity contribution in [1.29, 1.82) is 0 Å². The Bertz CT molecular complexity index is 1180. The van der Waals surface area contributed by atoms with E-state index in [0.29, 0.717) is 11.0 Å². The number of hydrazine groups is 1. The fraction of sp³-hybridized carbons (Fsp3) is 0.125. The molecule has 1 heterocycles. The largest absolute Gasteiger partial charge is 0.328 e. The van der Waals surface area contributed by atoms with Crippen LogP contribution in [0, 0.1) is 5.82 Å². The van der Waals surface area contributed by atoms with E-state index >= 15 is 0 Å². The van der Waals surface area contributed by atoms with Gasteiger partial charge in [0.05, 0.1) is 21.5 Å². The topological polar surface area (TPSA) is 102 Å². The van der Waals surface area contributed by atoms with Crippen molar-refractivity contribution in [2.75, 3.05) is 0 Å². The molecule has 136 valence electrons. The minimum Gasteiger partial charge on any atom is -0.295 e. The van der Waals surface area contributed by atoms with Crippen molar-refractivity contribution in [2.45, 2.75) is 4.90 Å². The predicted octanol–water partition coefficient (Wildman–Crippen LogP) is 0.639. The number of benzene rings is 2. The lowest BCUT2D eigenvalue weighted by Gasteiger charge is -2.09. The highest BCUT2D eigenvalue weighted by molar-refractivity contribution is 7.89. The second kappa shape index (κ2) is 6.39. The average Bonchev–Trinajstić information content (AvgIpc) is 2.84. The third-order valence-electron chi connectivity index (χ3n) is 3.97. The third-order valence-corrected chi connectivity index (χ3v) is 5.22. The zero-order valence-electron chi connectivity index (χ0n) is 13.9. The maximum Gasteiger partial charge on any atom is 0.328 e. The van der Waals surface area contributed by atoms with E-state index < -0.39 is 21.7 Å². The van der Waals surface area contributed by atoms with Crippen LogP contribution in [-0.2, 0) is 24.1 Å². The molecule has 0 saturated carbocycles. The maximum absolute atomic E-state index is 13.6. The van der Waals surface area contributed by atoms with Gasteiger partial charge in [-0.2, -0.15) is 0 Å². The molecule has 0 bridgehead atoms. The Labute approximate surface area is 147 Å². The first-order valence-electron chi connectivity index (χ1n) is 7.44. The summed E-state index contributed by atoms with van der Waals surface area (Å²) in [6.07, 6.45) is 0. The summed E-state index contributed by atoms with van der Waals surface area (Å²) in [7, 11) is -1.02. The normalized spacial score (nSPS) is 11.7. The van der Waals surface area contributed by atoms with Gasteiger partial charge in [-0.3, -0.25) is 19.4 Å². The number of nitrogens with zero attached hydrogens (tertiary/aromatic N) is 2. The Morgan fingerprint density at radius 2 is 1.69 bits per heavy atom. The molecule has 1 aromatic heterocycles. The molecule has 8 nitrogen and oxygen atoms in total. The van der Waals surface area contributed by atoms with E-state index in [1.54, 1.807) is 7.05 Å². The van der Waals surface area contributed by atoms with Gasteiger partial charge in [-0.1, -0.05) is 12.1 Å². The van der Waals surface area contributed by atoms with Crippen molar-refractivity contribution in [2.24, 2.45) is 14.1 Å². The van der Waals surface area contributed by atoms with E-state index in [9.17, 15) is 22.4 Å². The molecule has 3 aromatic rings. The highest BCUT2D eigenvalue weighted by atomic mass is 32.2. The number of fused-ring (bicyclic) bond motifs is 1. The molecule has 10 heteroatoms. The molecule has 0 aliphatic carbocycles. The number of nitrogens with one attached hydrogen (secondary N) is 2. The quantitative estimate of drug-likeness (QED) is 0.651. The number of halogens is 1. The van der Waals surface area contributed by atoms with Gasteiger partial charge in [0.1, 0.15) is 5.82 Å². The Morgan fingerprint density at radius 1 is 1.04 bits per heavy atom. The third kappa shape index (κ3) is 3.00. The summed E-state index contributed by atoms with van der Waals surface area (Å²) in [6.45, 7) is 0. The van der Waals surface area contributed by atoms with E-state index in [2.05, 4.69) is 0 Å².